The van der Waals surface area contributed by atoms with Crippen molar-refractivity contribution in [2.45, 2.75) is 6.42 Å². The summed E-state index contributed by atoms with van der Waals surface area (Å²) in [4.78, 5) is 21.7. The van der Waals surface area contributed by atoms with Gasteiger partial charge in [-0.05, 0) is 34.6 Å². The minimum atomic E-state index is -0.365. The fourth-order valence-electron chi connectivity index (χ4n) is 3.03. The Morgan fingerprint density at radius 2 is 2.12 bits per heavy atom. The molecule has 4 heterocycles. The Balaban J connectivity index is 1.69. The van der Waals surface area contributed by atoms with Crippen molar-refractivity contribution in [1.82, 2.24) is 14.4 Å². The lowest BCUT2D eigenvalue weighted by molar-refractivity contribution is -0.389. The van der Waals surface area contributed by atoms with Gasteiger partial charge in [0.25, 0.3) is 0 Å². The molecule has 0 bridgehead atoms. The molecule has 0 saturated heterocycles. The predicted octanol–water partition coefficient (Wildman–Crippen LogP) is 2.93. The summed E-state index contributed by atoms with van der Waals surface area (Å²) in [7, 11) is 0. The Hall–Kier alpha value is -3.22. The van der Waals surface area contributed by atoms with Crippen LogP contribution in [0.15, 0.2) is 55.0 Å². The van der Waals surface area contributed by atoms with Crippen molar-refractivity contribution in [3.8, 4) is 0 Å². The fraction of sp³-hybridized carbons (Fsp3) is 0.176. The third kappa shape index (κ3) is 2.40. The smallest absolute Gasteiger partial charge is 0.358 e. The number of fused-ring (bicyclic) bond motifs is 1. The average Bonchev–Trinajstić information content (AvgIpc) is 3.02. The predicted molar refractivity (Wildman–Crippen MR) is 90.9 cm³/mol. The molecule has 3 aromatic heterocycles. The van der Waals surface area contributed by atoms with Crippen molar-refractivity contribution in [3.05, 3.63) is 70.7 Å². The normalized spacial score (nSPS) is 14.7. The summed E-state index contributed by atoms with van der Waals surface area (Å²) in [6.45, 7) is 1.28. The van der Waals surface area contributed by atoms with Crippen LogP contribution in [0.2, 0.25) is 0 Å². The number of aromatic nitrogens is 3. The lowest BCUT2D eigenvalue weighted by atomic mass is 10.0. The van der Waals surface area contributed by atoms with E-state index >= 15 is 0 Å². The Labute approximate surface area is 138 Å². The molecule has 0 saturated carbocycles. The van der Waals surface area contributed by atoms with Crippen molar-refractivity contribution in [1.29, 1.82) is 0 Å². The quantitative estimate of drug-likeness (QED) is 0.547. The summed E-state index contributed by atoms with van der Waals surface area (Å²) in [6, 6.07) is 9.31. The van der Waals surface area contributed by atoms with Gasteiger partial charge in [0, 0.05) is 31.5 Å². The lowest BCUT2D eigenvalue weighted by Gasteiger charge is -2.26. The standard InChI is InChI=1S/C17H15N5O2/c23-22(24)17-16(19-15-5-1-2-9-21(15)17)20-10-6-13(7-11-20)14-4-3-8-18-12-14/h1-6,8-9,12H,7,10-11H2. The first-order chi connectivity index (χ1) is 11.7. The van der Waals surface area contributed by atoms with Crippen LogP contribution >= 0.6 is 0 Å². The number of nitrogens with zero attached hydrogens (tertiary/aromatic N) is 5. The van der Waals surface area contributed by atoms with E-state index in [-0.39, 0.29) is 10.7 Å². The largest absolute Gasteiger partial charge is 0.372 e. The van der Waals surface area contributed by atoms with E-state index in [2.05, 4.69) is 16.0 Å². The van der Waals surface area contributed by atoms with E-state index in [1.54, 1.807) is 24.5 Å². The van der Waals surface area contributed by atoms with Crippen LogP contribution < -0.4 is 4.90 Å². The molecule has 4 rings (SSSR count). The summed E-state index contributed by atoms with van der Waals surface area (Å²) in [5, 5.41) is 11.5. The zero-order valence-electron chi connectivity index (χ0n) is 12.9. The summed E-state index contributed by atoms with van der Waals surface area (Å²) in [5.41, 5.74) is 2.90. The summed E-state index contributed by atoms with van der Waals surface area (Å²) >= 11 is 0. The second kappa shape index (κ2) is 5.77. The maximum absolute atomic E-state index is 11.5. The van der Waals surface area contributed by atoms with Crippen molar-refractivity contribution in [2.24, 2.45) is 0 Å². The molecule has 7 nitrogen and oxygen atoms in total. The minimum absolute atomic E-state index is 0.0174. The first kappa shape index (κ1) is 14.4. The zero-order valence-corrected chi connectivity index (χ0v) is 12.9. The van der Waals surface area contributed by atoms with E-state index in [1.165, 1.54) is 9.97 Å². The molecule has 0 atom stereocenters. The van der Waals surface area contributed by atoms with Crippen molar-refractivity contribution < 1.29 is 4.92 Å². The van der Waals surface area contributed by atoms with Crippen LogP contribution in [0.4, 0.5) is 11.6 Å². The summed E-state index contributed by atoms with van der Waals surface area (Å²) in [6.07, 6.45) is 8.16. The molecule has 7 heteroatoms. The van der Waals surface area contributed by atoms with Gasteiger partial charge in [-0.1, -0.05) is 18.2 Å². The Morgan fingerprint density at radius 1 is 1.21 bits per heavy atom. The topological polar surface area (TPSA) is 76.6 Å². The highest BCUT2D eigenvalue weighted by Crippen LogP contribution is 2.32. The number of anilines is 1. The van der Waals surface area contributed by atoms with Gasteiger partial charge in [0.1, 0.15) is 0 Å². The maximum atomic E-state index is 11.5. The van der Waals surface area contributed by atoms with E-state index < -0.39 is 0 Å². The number of imidazole rings is 1. The van der Waals surface area contributed by atoms with E-state index in [4.69, 9.17) is 0 Å². The third-order valence-electron chi connectivity index (χ3n) is 4.20. The van der Waals surface area contributed by atoms with Gasteiger partial charge in [-0.25, -0.2) is 0 Å². The fourth-order valence-corrected chi connectivity index (χ4v) is 3.03. The Morgan fingerprint density at radius 3 is 2.83 bits per heavy atom. The number of hydrogen-bond acceptors (Lipinski definition) is 5. The molecule has 0 spiro atoms. The van der Waals surface area contributed by atoms with Gasteiger partial charge in [-0.15, -0.1) is 0 Å². The second-order valence-corrected chi connectivity index (χ2v) is 5.61. The van der Waals surface area contributed by atoms with Crippen LogP contribution in [-0.2, 0) is 0 Å². The molecule has 0 fully saturated rings. The van der Waals surface area contributed by atoms with Crippen molar-refractivity contribution in [2.75, 3.05) is 18.0 Å². The molecule has 3 aromatic rings. The Bertz CT molecular complexity index is 933. The molecule has 0 amide bonds. The molecule has 1 aliphatic heterocycles. The average molecular weight is 321 g/mol. The van der Waals surface area contributed by atoms with Crippen LogP contribution in [0.1, 0.15) is 12.0 Å². The molecular weight excluding hydrogens is 306 g/mol. The van der Waals surface area contributed by atoms with Crippen molar-refractivity contribution in [3.63, 3.8) is 0 Å². The molecule has 0 unspecified atom stereocenters. The SMILES string of the molecule is O=[N+]([O-])c1c(N2CC=C(c3cccnc3)CC2)nc2ccccn12. The second-order valence-electron chi connectivity index (χ2n) is 5.61. The van der Waals surface area contributed by atoms with E-state index in [9.17, 15) is 10.1 Å². The highest BCUT2D eigenvalue weighted by molar-refractivity contribution is 5.70. The van der Waals surface area contributed by atoms with Gasteiger partial charge >= 0.3 is 5.82 Å². The van der Waals surface area contributed by atoms with E-state index in [1.807, 2.05) is 29.3 Å². The van der Waals surface area contributed by atoms with Gasteiger partial charge in [-0.3, -0.25) is 4.98 Å². The minimum Gasteiger partial charge on any atom is -0.358 e. The number of pyridine rings is 2. The van der Waals surface area contributed by atoms with Crippen LogP contribution in [-0.4, -0.2) is 32.4 Å². The number of nitro groups is 1. The van der Waals surface area contributed by atoms with Gasteiger partial charge in [0.15, 0.2) is 0 Å². The molecule has 0 radical (unpaired) electrons. The summed E-state index contributed by atoms with van der Waals surface area (Å²) < 4.78 is 1.52. The van der Waals surface area contributed by atoms with Gasteiger partial charge in [-0.2, -0.15) is 9.38 Å². The Kier molecular flexibility index (Phi) is 3.45. The maximum Gasteiger partial charge on any atom is 0.372 e. The zero-order chi connectivity index (χ0) is 16.5. The molecular formula is C17H15N5O2. The van der Waals surface area contributed by atoms with Gasteiger partial charge < -0.3 is 15.0 Å². The highest BCUT2D eigenvalue weighted by Gasteiger charge is 2.27. The van der Waals surface area contributed by atoms with Gasteiger partial charge in [0.2, 0.25) is 11.5 Å². The first-order valence-corrected chi connectivity index (χ1v) is 7.70. The lowest BCUT2D eigenvalue weighted by Crippen LogP contribution is -2.29. The van der Waals surface area contributed by atoms with Crippen LogP contribution in [0.3, 0.4) is 0 Å². The number of rotatable bonds is 3. The van der Waals surface area contributed by atoms with Crippen LogP contribution in [0.25, 0.3) is 11.2 Å². The third-order valence-corrected chi connectivity index (χ3v) is 4.20. The van der Waals surface area contributed by atoms with E-state index in [0.717, 1.165) is 12.0 Å². The molecule has 120 valence electrons. The van der Waals surface area contributed by atoms with Crippen LogP contribution in [0, 0.1) is 10.1 Å². The van der Waals surface area contributed by atoms with E-state index in [0.29, 0.717) is 24.6 Å². The highest BCUT2D eigenvalue weighted by atomic mass is 16.6. The van der Waals surface area contributed by atoms with Gasteiger partial charge in [0.05, 0.1) is 6.20 Å². The molecule has 1 aliphatic rings. The number of hydrogen-bond donors (Lipinski definition) is 0. The molecule has 24 heavy (non-hydrogen) atoms. The van der Waals surface area contributed by atoms with Crippen molar-refractivity contribution >= 4 is 22.9 Å². The molecule has 0 aliphatic carbocycles. The van der Waals surface area contributed by atoms with Crippen LogP contribution in [0.5, 0.6) is 0 Å². The molecule has 0 aromatic carbocycles. The first-order valence-electron chi connectivity index (χ1n) is 7.70. The molecule has 0 N–H and O–H groups in total. The summed E-state index contributed by atoms with van der Waals surface area (Å²) in [5.74, 6) is 0.441. The monoisotopic (exact) mass is 321 g/mol.